The molecular formula is C14H18N2O4. The zero-order valence-electron chi connectivity index (χ0n) is 11.8. The molecule has 2 rings (SSSR count). The van der Waals surface area contributed by atoms with Crippen LogP contribution >= 0.6 is 0 Å². The second-order valence-electron chi connectivity index (χ2n) is 4.56. The highest BCUT2D eigenvalue weighted by molar-refractivity contribution is 6.00. The summed E-state index contributed by atoms with van der Waals surface area (Å²) in [4.78, 5) is 25.3. The minimum atomic E-state index is -0.305. The molecule has 1 aliphatic rings. The minimum absolute atomic E-state index is 0.0641. The van der Waals surface area contributed by atoms with Gasteiger partial charge in [0.25, 0.3) is 0 Å². The average Bonchev–Trinajstić information content (AvgIpc) is 2.87. The van der Waals surface area contributed by atoms with Gasteiger partial charge in [0, 0.05) is 31.8 Å². The van der Waals surface area contributed by atoms with Gasteiger partial charge in [-0.1, -0.05) is 0 Å². The second-order valence-corrected chi connectivity index (χ2v) is 4.56. The number of anilines is 1. The number of amides is 2. The van der Waals surface area contributed by atoms with Gasteiger partial charge >= 0.3 is 0 Å². The maximum Gasteiger partial charge on any atom is 0.227 e. The fraction of sp³-hybridized carbons (Fsp3) is 0.429. The predicted octanol–water partition coefficient (Wildman–Crippen LogP) is 0.803. The average molecular weight is 278 g/mol. The molecule has 1 aromatic rings. The van der Waals surface area contributed by atoms with Crippen LogP contribution in [-0.4, -0.2) is 39.6 Å². The topological polar surface area (TPSA) is 67.9 Å². The maximum absolute atomic E-state index is 12.0. The standard InChI is InChI=1S/C14H18N2O4/c1-15-14(18)9-6-13(17)16(8-9)10-4-5-11(19-2)12(7-10)20-3/h4-5,7,9H,6,8H2,1-3H3,(H,15,18)/t9-/m0/s1. The van der Waals surface area contributed by atoms with E-state index >= 15 is 0 Å². The van der Waals surface area contributed by atoms with Crippen LogP contribution in [0.15, 0.2) is 18.2 Å². The number of benzene rings is 1. The van der Waals surface area contributed by atoms with Crippen LogP contribution in [0, 0.1) is 5.92 Å². The molecule has 0 unspecified atom stereocenters. The Morgan fingerprint density at radius 3 is 2.60 bits per heavy atom. The highest BCUT2D eigenvalue weighted by Gasteiger charge is 2.34. The lowest BCUT2D eigenvalue weighted by Gasteiger charge is -2.18. The summed E-state index contributed by atoms with van der Waals surface area (Å²) in [6, 6.07) is 5.27. The summed E-state index contributed by atoms with van der Waals surface area (Å²) < 4.78 is 10.4. The van der Waals surface area contributed by atoms with Crippen molar-refractivity contribution in [2.24, 2.45) is 5.92 Å². The molecule has 1 atom stereocenters. The van der Waals surface area contributed by atoms with E-state index in [0.717, 1.165) is 0 Å². The van der Waals surface area contributed by atoms with E-state index in [9.17, 15) is 9.59 Å². The van der Waals surface area contributed by atoms with E-state index < -0.39 is 0 Å². The van der Waals surface area contributed by atoms with E-state index in [1.54, 1.807) is 44.4 Å². The Morgan fingerprint density at radius 2 is 2.00 bits per heavy atom. The Balaban J connectivity index is 2.24. The first-order valence-corrected chi connectivity index (χ1v) is 6.34. The zero-order valence-corrected chi connectivity index (χ0v) is 11.8. The number of rotatable bonds is 4. The Kier molecular flexibility index (Phi) is 4.12. The van der Waals surface area contributed by atoms with Gasteiger partial charge in [-0.2, -0.15) is 0 Å². The fourth-order valence-electron chi connectivity index (χ4n) is 2.33. The van der Waals surface area contributed by atoms with Gasteiger partial charge in [0.05, 0.1) is 20.1 Å². The summed E-state index contributed by atoms with van der Waals surface area (Å²) >= 11 is 0. The van der Waals surface area contributed by atoms with Gasteiger partial charge in [-0.15, -0.1) is 0 Å². The largest absolute Gasteiger partial charge is 0.493 e. The fourth-order valence-corrected chi connectivity index (χ4v) is 2.33. The van der Waals surface area contributed by atoms with Crippen molar-refractivity contribution in [3.63, 3.8) is 0 Å². The summed E-state index contributed by atoms with van der Waals surface area (Å²) in [7, 11) is 4.67. The van der Waals surface area contributed by atoms with Crippen molar-refractivity contribution in [1.29, 1.82) is 0 Å². The summed E-state index contributed by atoms with van der Waals surface area (Å²) in [5, 5.41) is 2.58. The van der Waals surface area contributed by atoms with Crippen molar-refractivity contribution in [3.05, 3.63) is 18.2 Å². The molecule has 108 valence electrons. The van der Waals surface area contributed by atoms with Crippen LogP contribution in [0.1, 0.15) is 6.42 Å². The number of ether oxygens (including phenoxy) is 2. The maximum atomic E-state index is 12.0. The van der Waals surface area contributed by atoms with Gasteiger partial charge in [-0.25, -0.2) is 0 Å². The number of methoxy groups -OCH3 is 2. The Morgan fingerprint density at radius 1 is 1.30 bits per heavy atom. The number of hydrogen-bond acceptors (Lipinski definition) is 4. The molecule has 1 N–H and O–H groups in total. The first-order chi connectivity index (χ1) is 9.60. The lowest BCUT2D eigenvalue weighted by molar-refractivity contribution is -0.125. The monoisotopic (exact) mass is 278 g/mol. The zero-order chi connectivity index (χ0) is 14.7. The molecule has 0 aromatic heterocycles. The van der Waals surface area contributed by atoms with Crippen molar-refractivity contribution >= 4 is 17.5 Å². The Bertz CT molecular complexity index is 530. The third-order valence-corrected chi connectivity index (χ3v) is 3.42. The van der Waals surface area contributed by atoms with Gasteiger partial charge in [0.1, 0.15) is 0 Å². The van der Waals surface area contributed by atoms with E-state index in [-0.39, 0.29) is 24.2 Å². The van der Waals surface area contributed by atoms with Crippen LogP contribution in [0.4, 0.5) is 5.69 Å². The summed E-state index contributed by atoms with van der Waals surface area (Å²) in [6.07, 6.45) is 0.230. The van der Waals surface area contributed by atoms with Crippen molar-refractivity contribution < 1.29 is 19.1 Å². The van der Waals surface area contributed by atoms with E-state index in [0.29, 0.717) is 23.7 Å². The number of carbonyl (C=O) groups is 2. The number of nitrogens with one attached hydrogen (secondary N) is 1. The van der Waals surface area contributed by atoms with Gasteiger partial charge in [0.2, 0.25) is 11.8 Å². The molecule has 6 heteroatoms. The normalized spacial score (nSPS) is 18.1. The summed E-state index contributed by atoms with van der Waals surface area (Å²) in [5.74, 6) is 0.680. The van der Waals surface area contributed by atoms with Crippen LogP contribution in [-0.2, 0) is 9.59 Å². The molecule has 0 spiro atoms. The van der Waals surface area contributed by atoms with Crippen molar-refractivity contribution in [3.8, 4) is 11.5 Å². The number of nitrogens with zero attached hydrogens (tertiary/aromatic N) is 1. The lowest BCUT2D eigenvalue weighted by Crippen LogP contribution is -2.30. The summed E-state index contributed by atoms with van der Waals surface area (Å²) in [6.45, 7) is 0.383. The van der Waals surface area contributed by atoms with E-state index in [4.69, 9.17) is 9.47 Å². The smallest absolute Gasteiger partial charge is 0.227 e. The Hall–Kier alpha value is -2.24. The summed E-state index contributed by atoms with van der Waals surface area (Å²) in [5.41, 5.74) is 0.707. The van der Waals surface area contributed by atoms with E-state index in [1.807, 2.05) is 0 Å². The molecule has 20 heavy (non-hydrogen) atoms. The van der Waals surface area contributed by atoms with Crippen LogP contribution < -0.4 is 19.7 Å². The predicted molar refractivity (Wildman–Crippen MR) is 74.1 cm³/mol. The Labute approximate surface area is 117 Å². The van der Waals surface area contributed by atoms with Crippen molar-refractivity contribution in [2.45, 2.75) is 6.42 Å². The molecule has 2 amide bonds. The van der Waals surface area contributed by atoms with Gasteiger partial charge < -0.3 is 19.7 Å². The van der Waals surface area contributed by atoms with Crippen molar-refractivity contribution in [2.75, 3.05) is 32.7 Å². The van der Waals surface area contributed by atoms with Crippen LogP contribution in [0.5, 0.6) is 11.5 Å². The van der Waals surface area contributed by atoms with Crippen LogP contribution in [0.25, 0.3) is 0 Å². The lowest BCUT2D eigenvalue weighted by atomic mass is 10.1. The molecule has 6 nitrogen and oxygen atoms in total. The first-order valence-electron chi connectivity index (χ1n) is 6.34. The third-order valence-electron chi connectivity index (χ3n) is 3.42. The SMILES string of the molecule is CNC(=O)[C@H]1CC(=O)N(c2ccc(OC)c(OC)c2)C1. The molecule has 1 saturated heterocycles. The minimum Gasteiger partial charge on any atom is -0.493 e. The van der Waals surface area contributed by atoms with E-state index in [1.165, 1.54) is 0 Å². The molecule has 0 radical (unpaired) electrons. The van der Waals surface area contributed by atoms with Crippen molar-refractivity contribution in [1.82, 2.24) is 5.32 Å². The molecule has 1 aliphatic heterocycles. The van der Waals surface area contributed by atoms with Crippen LogP contribution in [0.2, 0.25) is 0 Å². The molecule has 1 fully saturated rings. The molecule has 1 heterocycles. The highest BCUT2D eigenvalue weighted by atomic mass is 16.5. The highest BCUT2D eigenvalue weighted by Crippen LogP contribution is 2.34. The van der Waals surface area contributed by atoms with Gasteiger partial charge in [0.15, 0.2) is 11.5 Å². The molecule has 0 bridgehead atoms. The molecular weight excluding hydrogens is 260 g/mol. The molecule has 0 aliphatic carbocycles. The van der Waals surface area contributed by atoms with Crippen LogP contribution in [0.3, 0.4) is 0 Å². The molecule has 0 saturated carbocycles. The quantitative estimate of drug-likeness (QED) is 0.884. The first kappa shape index (κ1) is 14.2. The van der Waals surface area contributed by atoms with Gasteiger partial charge in [-0.05, 0) is 12.1 Å². The van der Waals surface area contributed by atoms with Gasteiger partial charge in [-0.3, -0.25) is 9.59 Å². The number of hydrogen-bond donors (Lipinski definition) is 1. The third kappa shape index (κ3) is 2.54. The second kappa shape index (κ2) is 5.81. The van der Waals surface area contributed by atoms with E-state index in [2.05, 4.69) is 5.32 Å². The molecule has 1 aromatic carbocycles. The number of carbonyl (C=O) groups excluding carboxylic acids is 2.